The normalized spacial score (nSPS) is 11.8. The first-order valence-corrected chi connectivity index (χ1v) is 6.14. The van der Waals surface area contributed by atoms with Crippen molar-refractivity contribution in [3.8, 4) is 0 Å². The first-order chi connectivity index (χ1) is 8.47. The van der Waals surface area contributed by atoms with E-state index in [2.05, 4.69) is 10.3 Å². The van der Waals surface area contributed by atoms with Crippen LogP contribution in [0.2, 0.25) is 0 Å². The lowest BCUT2D eigenvalue weighted by atomic mass is 10.2. The molecule has 2 N–H and O–H groups in total. The molecule has 0 unspecified atom stereocenters. The molecule has 0 amide bonds. The number of hydrogen-bond donors (Lipinski definition) is 1. The van der Waals surface area contributed by atoms with Crippen molar-refractivity contribution >= 4 is 5.69 Å². The minimum absolute atomic E-state index is 0.115. The molecular weight excluding hydrogens is 231 g/mol. The van der Waals surface area contributed by atoms with Crippen LogP contribution in [0.25, 0.3) is 0 Å². The van der Waals surface area contributed by atoms with Crippen LogP contribution < -0.4 is 5.73 Å². The molecule has 18 heavy (non-hydrogen) atoms. The molecule has 1 aromatic rings. The Morgan fingerprint density at radius 3 is 2.33 bits per heavy atom. The van der Waals surface area contributed by atoms with E-state index in [9.17, 15) is 4.39 Å². The number of nitrogens with zero attached hydrogens (tertiary/aromatic N) is 3. The second-order valence-electron chi connectivity index (χ2n) is 4.70. The molecule has 0 aliphatic carbocycles. The van der Waals surface area contributed by atoms with Gasteiger partial charge < -0.3 is 5.73 Å². The number of rotatable bonds is 5. The quantitative estimate of drug-likeness (QED) is 0.645. The molecule has 0 saturated heterocycles. The molecule has 0 heterocycles. The molecule has 0 aromatic heterocycles. The van der Waals surface area contributed by atoms with Crippen molar-refractivity contribution in [2.75, 3.05) is 0 Å². The summed E-state index contributed by atoms with van der Waals surface area (Å²) in [4.78, 5) is 0. The van der Waals surface area contributed by atoms with Crippen LogP contribution in [0.1, 0.15) is 33.3 Å². The highest BCUT2D eigenvalue weighted by Gasteiger charge is 2.11. The summed E-state index contributed by atoms with van der Waals surface area (Å²) in [6.45, 7) is 8.26. The second-order valence-corrected chi connectivity index (χ2v) is 4.70. The van der Waals surface area contributed by atoms with Gasteiger partial charge in [-0.3, -0.25) is 5.01 Å². The highest BCUT2D eigenvalue weighted by Crippen LogP contribution is 2.22. The van der Waals surface area contributed by atoms with E-state index in [1.54, 1.807) is 12.1 Å². The average Bonchev–Trinajstić information content (AvgIpc) is 2.28. The number of nitrogens with two attached hydrogens (primary N) is 1. The van der Waals surface area contributed by atoms with E-state index in [-0.39, 0.29) is 24.4 Å². The van der Waals surface area contributed by atoms with Crippen molar-refractivity contribution in [1.82, 2.24) is 5.01 Å². The van der Waals surface area contributed by atoms with Crippen molar-refractivity contribution in [3.63, 3.8) is 0 Å². The van der Waals surface area contributed by atoms with Gasteiger partial charge in [-0.2, -0.15) is 0 Å². The molecule has 0 aliphatic rings. The molecular formula is C13H21FN4. The third kappa shape index (κ3) is 3.50. The van der Waals surface area contributed by atoms with Crippen molar-refractivity contribution < 1.29 is 4.39 Å². The van der Waals surface area contributed by atoms with Crippen LogP contribution in [-0.2, 0) is 6.54 Å². The molecule has 0 radical (unpaired) electrons. The van der Waals surface area contributed by atoms with Gasteiger partial charge in [-0.1, -0.05) is 11.3 Å². The molecule has 0 aliphatic heterocycles. The maximum Gasteiger partial charge on any atom is 0.129 e. The van der Waals surface area contributed by atoms with Gasteiger partial charge in [-0.05, 0) is 39.8 Å². The smallest absolute Gasteiger partial charge is 0.129 e. The summed E-state index contributed by atoms with van der Waals surface area (Å²) in [7, 11) is 0. The fourth-order valence-electron chi connectivity index (χ4n) is 1.75. The van der Waals surface area contributed by atoms with Gasteiger partial charge in [0, 0.05) is 24.2 Å². The lowest BCUT2D eigenvalue weighted by Crippen LogP contribution is -2.31. The van der Waals surface area contributed by atoms with Gasteiger partial charge in [0.15, 0.2) is 0 Å². The zero-order valence-corrected chi connectivity index (χ0v) is 11.4. The lowest BCUT2D eigenvalue weighted by Gasteiger charge is -2.25. The third-order valence-electron chi connectivity index (χ3n) is 2.61. The minimum Gasteiger partial charge on any atom is -0.326 e. The highest BCUT2D eigenvalue weighted by atomic mass is 19.1. The Kier molecular flexibility index (Phi) is 5.22. The minimum atomic E-state index is -0.338. The van der Waals surface area contributed by atoms with Crippen molar-refractivity contribution in [2.24, 2.45) is 16.1 Å². The van der Waals surface area contributed by atoms with E-state index in [4.69, 9.17) is 5.73 Å². The maximum atomic E-state index is 13.5. The predicted molar refractivity (Wildman–Crippen MR) is 70.9 cm³/mol. The Hall–Kier alpha value is -1.49. The summed E-state index contributed by atoms with van der Waals surface area (Å²) in [5, 5.41) is 10.2. The second kappa shape index (κ2) is 6.44. The number of halogens is 1. The Morgan fingerprint density at radius 2 is 1.83 bits per heavy atom. The predicted octanol–water partition coefficient (Wildman–Crippen LogP) is 3.40. The van der Waals surface area contributed by atoms with Gasteiger partial charge in [0.1, 0.15) is 5.82 Å². The summed E-state index contributed by atoms with van der Waals surface area (Å²) in [5.41, 5.74) is 6.41. The zero-order chi connectivity index (χ0) is 13.7. The van der Waals surface area contributed by atoms with Crippen LogP contribution in [0.5, 0.6) is 0 Å². The summed E-state index contributed by atoms with van der Waals surface area (Å²) in [6, 6.07) is 5.18. The fraction of sp³-hybridized carbons (Fsp3) is 0.538. The van der Waals surface area contributed by atoms with Crippen LogP contribution in [0.15, 0.2) is 28.5 Å². The summed E-state index contributed by atoms with van der Waals surface area (Å²) in [5.74, 6) is -0.338. The van der Waals surface area contributed by atoms with E-state index >= 15 is 0 Å². The molecule has 0 fully saturated rings. The standard InChI is InChI=1S/C13H21FN4/c1-9(2)18(10(3)4)17-16-13-7-5-6-12(14)11(13)8-15/h5-7,9-10H,8,15H2,1-4H3. The Morgan fingerprint density at radius 1 is 1.22 bits per heavy atom. The van der Waals surface area contributed by atoms with Crippen molar-refractivity contribution in [1.29, 1.82) is 0 Å². The molecule has 1 rings (SSSR count). The van der Waals surface area contributed by atoms with Crippen molar-refractivity contribution in [3.05, 3.63) is 29.6 Å². The molecule has 0 spiro atoms. The SMILES string of the molecule is CC(C)N(N=Nc1cccc(F)c1CN)C(C)C. The van der Waals surface area contributed by atoms with Crippen molar-refractivity contribution in [2.45, 2.75) is 46.3 Å². The summed E-state index contributed by atoms with van der Waals surface area (Å²) < 4.78 is 13.5. The maximum absolute atomic E-state index is 13.5. The number of hydrogen-bond acceptors (Lipinski definition) is 3. The number of benzene rings is 1. The first-order valence-electron chi connectivity index (χ1n) is 6.14. The molecule has 1 aromatic carbocycles. The molecule has 0 bridgehead atoms. The average molecular weight is 252 g/mol. The van der Waals surface area contributed by atoms with Crippen LogP contribution in [0, 0.1) is 5.82 Å². The van der Waals surface area contributed by atoms with Gasteiger partial charge in [0.25, 0.3) is 0 Å². The Balaban J connectivity index is 2.99. The van der Waals surface area contributed by atoms with E-state index in [0.717, 1.165) is 0 Å². The van der Waals surface area contributed by atoms with E-state index in [1.807, 2.05) is 32.7 Å². The van der Waals surface area contributed by atoms with Gasteiger partial charge in [-0.15, -0.1) is 5.11 Å². The van der Waals surface area contributed by atoms with Gasteiger partial charge in [-0.25, -0.2) is 4.39 Å². The summed E-state index contributed by atoms with van der Waals surface area (Å²) >= 11 is 0. The third-order valence-corrected chi connectivity index (χ3v) is 2.61. The van der Waals surface area contributed by atoms with Gasteiger partial charge >= 0.3 is 0 Å². The van der Waals surface area contributed by atoms with Crippen LogP contribution >= 0.6 is 0 Å². The highest BCUT2D eigenvalue weighted by molar-refractivity contribution is 5.45. The Labute approximate surface area is 108 Å². The topological polar surface area (TPSA) is 54.0 Å². The van der Waals surface area contributed by atoms with Crippen LogP contribution in [0.3, 0.4) is 0 Å². The van der Waals surface area contributed by atoms with Crippen LogP contribution in [0.4, 0.5) is 10.1 Å². The molecule has 100 valence electrons. The van der Waals surface area contributed by atoms with E-state index in [0.29, 0.717) is 11.3 Å². The van der Waals surface area contributed by atoms with Crippen LogP contribution in [-0.4, -0.2) is 17.1 Å². The zero-order valence-electron chi connectivity index (χ0n) is 11.4. The fourth-order valence-corrected chi connectivity index (χ4v) is 1.75. The molecule has 4 nitrogen and oxygen atoms in total. The first kappa shape index (κ1) is 14.6. The Bertz CT molecular complexity index is 407. The monoisotopic (exact) mass is 252 g/mol. The molecule has 0 saturated carbocycles. The largest absolute Gasteiger partial charge is 0.326 e. The van der Waals surface area contributed by atoms with E-state index < -0.39 is 0 Å². The molecule has 5 heteroatoms. The summed E-state index contributed by atoms with van der Waals surface area (Å²) in [6.07, 6.45) is 0. The van der Waals surface area contributed by atoms with E-state index in [1.165, 1.54) is 6.07 Å². The van der Waals surface area contributed by atoms with Gasteiger partial charge in [0.2, 0.25) is 0 Å². The lowest BCUT2D eigenvalue weighted by molar-refractivity contribution is 0.169. The van der Waals surface area contributed by atoms with Gasteiger partial charge in [0.05, 0.1) is 5.69 Å². The molecule has 0 atom stereocenters.